The Bertz CT molecular complexity index is 414. The molecule has 0 aliphatic heterocycles. The number of esters is 1. The molecular weight excluding hydrogens is 234 g/mol. The van der Waals surface area contributed by atoms with Gasteiger partial charge in [-0.05, 0) is 31.2 Å². The number of carbonyl (C=O) groups is 2. The van der Waals surface area contributed by atoms with Gasteiger partial charge in [-0.1, -0.05) is 0 Å². The Morgan fingerprint density at radius 2 is 1.89 bits per heavy atom. The summed E-state index contributed by atoms with van der Waals surface area (Å²) in [5.74, 6) is -0.0965. The van der Waals surface area contributed by atoms with Crippen LogP contribution < -0.4 is 10.5 Å². The second-order valence-electron chi connectivity index (χ2n) is 3.71. The summed E-state index contributed by atoms with van der Waals surface area (Å²) in [5, 5.41) is 0. The third-order valence-corrected chi connectivity index (χ3v) is 2.40. The van der Waals surface area contributed by atoms with E-state index in [1.165, 1.54) is 7.11 Å². The molecule has 1 unspecified atom stereocenters. The number of hydrogen-bond acceptors (Lipinski definition) is 5. The lowest BCUT2D eigenvalue weighted by Crippen LogP contribution is -2.33. The summed E-state index contributed by atoms with van der Waals surface area (Å²) in [6.07, 6.45) is -0.122. The molecule has 1 atom stereocenters. The Labute approximate surface area is 106 Å². The van der Waals surface area contributed by atoms with Crippen LogP contribution in [-0.2, 0) is 9.53 Å². The molecule has 0 radical (unpaired) electrons. The average molecular weight is 251 g/mol. The largest absolute Gasteiger partial charge is 0.494 e. The van der Waals surface area contributed by atoms with Crippen molar-refractivity contribution >= 4 is 11.8 Å². The molecule has 1 rings (SSSR count). The van der Waals surface area contributed by atoms with Gasteiger partial charge in [0.15, 0.2) is 5.78 Å². The summed E-state index contributed by atoms with van der Waals surface area (Å²) in [4.78, 5) is 22.9. The Balaban J connectivity index is 2.68. The summed E-state index contributed by atoms with van der Waals surface area (Å²) < 4.78 is 9.73. The molecule has 0 aliphatic rings. The van der Waals surface area contributed by atoms with Crippen molar-refractivity contribution in [1.29, 1.82) is 0 Å². The molecule has 2 N–H and O–H groups in total. The predicted octanol–water partition coefficient (Wildman–Crippen LogP) is 1.16. The minimum atomic E-state index is -0.879. The van der Waals surface area contributed by atoms with Gasteiger partial charge < -0.3 is 15.2 Å². The van der Waals surface area contributed by atoms with Gasteiger partial charge in [0.2, 0.25) is 0 Å². The van der Waals surface area contributed by atoms with E-state index in [9.17, 15) is 9.59 Å². The van der Waals surface area contributed by atoms with Crippen molar-refractivity contribution in [2.24, 2.45) is 5.73 Å². The van der Waals surface area contributed by atoms with Gasteiger partial charge in [0, 0.05) is 5.56 Å². The average Bonchev–Trinajstić information content (AvgIpc) is 2.39. The number of benzene rings is 1. The van der Waals surface area contributed by atoms with Gasteiger partial charge in [0.05, 0.1) is 26.2 Å². The molecule has 0 bridgehead atoms. The van der Waals surface area contributed by atoms with Gasteiger partial charge in [0.25, 0.3) is 0 Å². The van der Waals surface area contributed by atoms with E-state index in [1.807, 2.05) is 6.92 Å². The van der Waals surface area contributed by atoms with E-state index in [0.717, 1.165) is 0 Å². The van der Waals surface area contributed by atoms with Crippen molar-refractivity contribution in [3.8, 4) is 5.75 Å². The van der Waals surface area contributed by atoms with E-state index < -0.39 is 12.0 Å². The van der Waals surface area contributed by atoms with Crippen LogP contribution in [0.15, 0.2) is 24.3 Å². The van der Waals surface area contributed by atoms with Crippen molar-refractivity contribution in [1.82, 2.24) is 0 Å². The van der Waals surface area contributed by atoms with E-state index in [4.69, 9.17) is 10.5 Å². The van der Waals surface area contributed by atoms with Gasteiger partial charge >= 0.3 is 5.97 Å². The molecule has 5 nitrogen and oxygen atoms in total. The highest BCUT2D eigenvalue weighted by Gasteiger charge is 2.19. The van der Waals surface area contributed by atoms with Crippen molar-refractivity contribution in [2.75, 3.05) is 13.7 Å². The topological polar surface area (TPSA) is 78.6 Å². The molecule has 0 fully saturated rings. The number of rotatable bonds is 6. The van der Waals surface area contributed by atoms with E-state index in [-0.39, 0.29) is 12.2 Å². The molecule has 98 valence electrons. The predicted molar refractivity (Wildman–Crippen MR) is 66.5 cm³/mol. The molecule has 0 heterocycles. The monoisotopic (exact) mass is 251 g/mol. The number of carbonyl (C=O) groups excluding carboxylic acids is 2. The second-order valence-corrected chi connectivity index (χ2v) is 3.71. The summed E-state index contributed by atoms with van der Waals surface area (Å²) in [6, 6.07) is 5.77. The van der Waals surface area contributed by atoms with E-state index in [0.29, 0.717) is 17.9 Å². The quantitative estimate of drug-likeness (QED) is 0.606. The Morgan fingerprint density at radius 3 is 2.39 bits per heavy atom. The zero-order valence-corrected chi connectivity index (χ0v) is 10.5. The maximum atomic E-state index is 11.9. The maximum absolute atomic E-state index is 11.9. The highest BCUT2D eigenvalue weighted by molar-refractivity contribution is 6.01. The fourth-order valence-electron chi connectivity index (χ4n) is 1.45. The van der Waals surface area contributed by atoms with Gasteiger partial charge in [-0.3, -0.25) is 9.59 Å². The van der Waals surface area contributed by atoms with E-state index >= 15 is 0 Å². The van der Waals surface area contributed by atoms with Crippen LogP contribution in [0.4, 0.5) is 0 Å². The Kier molecular flexibility index (Phi) is 5.32. The highest BCUT2D eigenvalue weighted by atomic mass is 16.5. The van der Waals surface area contributed by atoms with Gasteiger partial charge in [0.1, 0.15) is 5.75 Å². The SMILES string of the molecule is CCOc1ccc(C(=O)C(N)CC(=O)OC)cc1. The molecule has 0 saturated carbocycles. The van der Waals surface area contributed by atoms with Gasteiger partial charge in [-0.2, -0.15) is 0 Å². The number of hydrogen-bond donors (Lipinski definition) is 1. The summed E-state index contributed by atoms with van der Waals surface area (Å²) in [5.41, 5.74) is 6.09. The van der Waals surface area contributed by atoms with Crippen LogP contribution in [0.5, 0.6) is 5.75 Å². The van der Waals surface area contributed by atoms with E-state index in [2.05, 4.69) is 4.74 Å². The van der Waals surface area contributed by atoms with E-state index in [1.54, 1.807) is 24.3 Å². The van der Waals surface area contributed by atoms with Crippen LogP contribution in [0.2, 0.25) is 0 Å². The molecular formula is C13H17NO4. The summed E-state index contributed by atoms with van der Waals surface area (Å²) >= 11 is 0. The first kappa shape index (κ1) is 14.2. The first-order valence-corrected chi connectivity index (χ1v) is 5.68. The lowest BCUT2D eigenvalue weighted by Gasteiger charge is -2.09. The van der Waals surface area contributed by atoms with Crippen molar-refractivity contribution in [3.05, 3.63) is 29.8 Å². The molecule has 0 aromatic heterocycles. The van der Waals surface area contributed by atoms with Crippen LogP contribution in [0.1, 0.15) is 23.7 Å². The summed E-state index contributed by atoms with van der Waals surface area (Å²) in [6.45, 7) is 2.44. The third-order valence-electron chi connectivity index (χ3n) is 2.40. The van der Waals surface area contributed by atoms with Crippen LogP contribution in [-0.4, -0.2) is 31.5 Å². The number of ether oxygens (including phenoxy) is 2. The molecule has 5 heteroatoms. The van der Waals surface area contributed by atoms with Gasteiger partial charge in [-0.15, -0.1) is 0 Å². The molecule has 0 saturated heterocycles. The second kappa shape index (κ2) is 6.76. The third kappa shape index (κ3) is 3.85. The fraction of sp³-hybridized carbons (Fsp3) is 0.385. The van der Waals surface area contributed by atoms with Crippen LogP contribution in [0, 0.1) is 0 Å². The number of ketones is 1. The smallest absolute Gasteiger partial charge is 0.307 e. The molecule has 0 aliphatic carbocycles. The first-order chi connectivity index (χ1) is 8.58. The zero-order chi connectivity index (χ0) is 13.5. The molecule has 0 spiro atoms. The number of nitrogens with two attached hydrogens (primary N) is 1. The zero-order valence-electron chi connectivity index (χ0n) is 10.5. The number of methoxy groups -OCH3 is 1. The van der Waals surface area contributed by atoms with Crippen molar-refractivity contribution in [2.45, 2.75) is 19.4 Å². The minimum absolute atomic E-state index is 0.122. The van der Waals surface area contributed by atoms with Crippen LogP contribution in [0.3, 0.4) is 0 Å². The molecule has 0 amide bonds. The Morgan fingerprint density at radius 1 is 1.28 bits per heavy atom. The lowest BCUT2D eigenvalue weighted by molar-refractivity contribution is -0.140. The van der Waals surface area contributed by atoms with Crippen LogP contribution in [0.25, 0.3) is 0 Å². The maximum Gasteiger partial charge on any atom is 0.307 e. The normalized spacial score (nSPS) is 11.7. The lowest BCUT2D eigenvalue weighted by atomic mass is 10.0. The van der Waals surface area contributed by atoms with Crippen molar-refractivity contribution < 1.29 is 19.1 Å². The summed E-state index contributed by atoms with van der Waals surface area (Å²) in [7, 11) is 1.26. The molecule has 1 aromatic rings. The van der Waals surface area contributed by atoms with Gasteiger partial charge in [-0.25, -0.2) is 0 Å². The Hall–Kier alpha value is -1.88. The standard InChI is InChI=1S/C13H17NO4/c1-3-18-10-6-4-9(5-7-10)13(16)11(14)8-12(15)17-2/h4-7,11H,3,8,14H2,1-2H3. The minimum Gasteiger partial charge on any atom is -0.494 e. The first-order valence-electron chi connectivity index (χ1n) is 5.68. The van der Waals surface area contributed by atoms with Crippen LogP contribution >= 0.6 is 0 Å². The molecule has 1 aromatic carbocycles. The highest BCUT2D eigenvalue weighted by Crippen LogP contribution is 2.13. The molecule has 18 heavy (non-hydrogen) atoms. The number of Topliss-reactive ketones (excluding diaryl/α,β-unsaturated/α-hetero) is 1. The fourth-order valence-corrected chi connectivity index (χ4v) is 1.45. The van der Waals surface area contributed by atoms with Crippen molar-refractivity contribution in [3.63, 3.8) is 0 Å².